The van der Waals surface area contributed by atoms with Gasteiger partial charge in [0.05, 0.1) is 7.11 Å². The van der Waals surface area contributed by atoms with E-state index in [1.807, 2.05) is 30.5 Å². The first-order valence-corrected chi connectivity index (χ1v) is 10.7. The van der Waals surface area contributed by atoms with E-state index >= 15 is 0 Å². The first kappa shape index (κ1) is 21.6. The van der Waals surface area contributed by atoms with E-state index in [1.54, 1.807) is 0 Å². The van der Waals surface area contributed by atoms with Crippen LogP contribution < -0.4 is 11.2 Å². The van der Waals surface area contributed by atoms with Gasteiger partial charge < -0.3 is 14.8 Å². The molecule has 1 aliphatic carbocycles. The Kier molecular flexibility index (Phi) is 6.25. The van der Waals surface area contributed by atoms with Crippen molar-refractivity contribution in [2.75, 3.05) is 7.11 Å². The summed E-state index contributed by atoms with van der Waals surface area (Å²) in [7, 11) is 1.27. The van der Waals surface area contributed by atoms with Crippen LogP contribution >= 0.6 is 0 Å². The Labute approximate surface area is 183 Å². The number of aliphatic imine (C=N–C) groups is 1. The molecule has 32 heavy (non-hydrogen) atoms. The Morgan fingerprint density at radius 2 is 2.03 bits per heavy atom. The molecule has 1 aliphatic rings. The van der Waals surface area contributed by atoms with Crippen LogP contribution in [0.2, 0.25) is 0 Å². The van der Waals surface area contributed by atoms with E-state index in [2.05, 4.69) is 15.0 Å². The number of para-hydroxylation sites is 1. The average molecular weight is 438 g/mol. The Hall–Kier alpha value is -3.62. The second-order valence-corrected chi connectivity index (χ2v) is 8.04. The molecule has 0 saturated heterocycles. The number of nitrogens with one attached hydrogen (secondary N) is 2. The van der Waals surface area contributed by atoms with Gasteiger partial charge in [-0.2, -0.15) is 0 Å². The lowest BCUT2D eigenvalue weighted by Crippen LogP contribution is -2.35. The summed E-state index contributed by atoms with van der Waals surface area (Å²) in [6.07, 6.45) is 7.70. The minimum Gasteiger partial charge on any atom is -0.494 e. The number of ether oxygens (including phenoxy) is 1. The van der Waals surface area contributed by atoms with Crippen LogP contribution in [0, 0.1) is 0 Å². The molecule has 1 saturated carbocycles. The van der Waals surface area contributed by atoms with Gasteiger partial charge in [0.25, 0.3) is 5.56 Å². The first-order valence-electron chi connectivity index (χ1n) is 10.7. The van der Waals surface area contributed by atoms with Crippen LogP contribution in [-0.2, 0) is 16.0 Å². The quantitative estimate of drug-likeness (QED) is 0.402. The molecule has 0 amide bonds. The highest BCUT2D eigenvalue weighted by atomic mass is 16.5. The first-order chi connectivity index (χ1) is 15.5. The maximum Gasteiger partial charge on any atom is 0.331 e. The second kappa shape index (κ2) is 9.25. The molecular weight excluding hydrogens is 412 g/mol. The van der Waals surface area contributed by atoms with Crippen LogP contribution in [0.1, 0.15) is 49.3 Å². The van der Waals surface area contributed by atoms with E-state index in [4.69, 9.17) is 4.74 Å². The highest BCUT2D eigenvalue weighted by molar-refractivity contribution is 5.87. The lowest BCUT2D eigenvalue weighted by atomic mass is 9.95. The molecule has 1 aromatic carbocycles. The summed E-state index contributed by atoms with van der Waals surface area (Å²) in [5, 5.41) is 11.7. The predicted molar refractivity (Wildman–Crippen MR) is 121 cm³/mol. The number of esters is 1. The average Bonchev–Trinajstić information content (AvgIpc) is 3.21. The number of fused-ring (bicyclic) bond motifs is 1. The lowest BCUT2D eigenvalue weighted by molar-refractivity contribution is -0.142. The molecule has 0 spiro atoms. The molecule has 4 rings (SSSR count). The highest BCUT2D eigenvalue weighted by Gasteiger charge is 2.24. The van der Waals surface area contributed by atoms with Crippen LogP contribution in [0.5, 0.6) is 5.88 Å². The Bertz CT molecular complexity index is 1260. The van der Waals surface area contributed by atoms with Crippen molar-refractivity contribution >= 4 is 23.1 Å². The smallest absolute Gasteiger partial charge is 0.331 e. The van der Waals surface area contributed by atoms with Gasteiger partial charge >= 0.3 is 11.7 Å². The topological polar surface area (TPSA) is 130 Å². The number of aromatic hydroxyl groups is 1. The fourth-order valence-corrected chi connectivity index (χ4v) is 4.35. The van der Waals surface area contributed by atoms with Gasteiger partial charge in [-0.25, -0.2) is 9.59 Å². The Morgan fingerprint density at radius 3 is 2.78 bits per heavy atom. The van der Waals surface area contributed by atoms with Gasteiger partial charge in [-0.15, -0.1) is 0 Å². The van der Waals surface area contributed by atoms with Crippen LogP contribution in [0.3, 0.4) is 0 Å². The maximum absolute atomic E-state index is 12.4. The normalized spacial score (nSPS) is 15.9. The van der Waals surface area contributed by atoms with Gasteiger partial charge in [-0.1, -0.05) is 37.5 Å². The van der Waals surface area contributed by atoms with Crippen molar-refractivity contribution in [3.63, 3.8) is 0 Å². The maximum atomic E-state index is 12.4. The molecule has 9 heteroatoms. The Morgan fingerprint density at radius 1 is 1.28 bits per heavy atom. The van der Waals surface area contributed by atoms with Crippen molar-refractivity contribution in [3.8, 4) is 5.88 Å². The minimum absolute atomic E-state index is 0.150. The molecular formula is C23H26N4O5. The molecule has 2 heterocycles. The van der Waals surface area contributed by atoms with E-state index in [-0.39, 0.29) is 18.0 Å². The number of hydrogen-bond acceptors (Lipinski definition) is 6. The number of hydrogen-bond donors (Lipinski definition) is 3. The molecule has 3 aromatic rings. The third-order valence-corrected chi connectivity index (χ3v) is 6.04. The fraction of sp³-hybridized carbons (Fsp3) is 0.391. The summed E-state index contributed by atoms with van der Waals surface area (Å²) in [5.41, 5.74) is 0.268. The molecule has 0 bridgehead atoms. The second-order valence-electron chi connectivity index (χ2n) is 8.04. The third kappa shape index (κ3) is 4.23. The summed E-state index contributed by atoms with van der Waals surface area (Å²) < 4.78 is 6.12. The van der Waals surface area contributed by atoms with Gasteiger partial charge in [0.2, 0.25) is 5.88 Å². The van der Waals surface area contributed by atoms with Crippen molar-refractivity contribution < 1.29 is 14.6 Å². The van der Waals surface area contributed by atoms with Crippen molar-refractivity contribution in [3.05, 3.63) is 62.4 Å². The number of benzene rings is 1. The molecule has 9 nitrogen and oxygen atoms in total. The summed E-state index contributed by atoms with van der Waals surface area (Å²) in [5.74, 6) is -0.992. The third-order valence-electron chi connectivity index (χ3n) is 6.04. The fourth-order valence-electron chi connectivity index (χ4n) is 4.35. The molecule has 168 valence electrons. The SMILES string of the molecule is COC(=O)C(Cc1c[nH]c2ccccc12)N=Cc1c(O)n(C2CCCCC2)c(=O)[nH]c1=O. The molecule has 0 aliphatic heterocycles. The largest absolute Gasteiger partial charge is 0.494 e. The molecule has 1 atom stereocenters. The van der Waals surface area contributed by atoms with Crippen LogP contribution in [0.4, 0.5) is 0 Å². The number of nitrogens with zero attached hydrogens (tertiary/aromatic N) is 2. The van der Waals surface area contributed by atoms with Crippen molar-refractivity contribution in [1.82, 2.24) is 14.5 Å². The standard InChI is InChI=1S/C23H26N4O5/c1-32-22(30)19(11-14-12-24-18-10-6-5-9-16(14)18)25-13-17-20(28)26-23(31)27(21(17)29)15-7-3-2-4-8-15/h5-6,9-10,12-13,15,19,24,29H,2-4,7-8,11H2,1H3,(H,26,28,31). The van der Waals surface area contributed by atoms with Crippen LogP contribution in [0.15, 0.2) is 45.0 Å². The number of aromatic nitrogens is 3. The number of methoxy groups -OCH3 is 1. The minimum atomic E-state index is -0.923. The van der Waals surface area contributed by atoms with E-state index in [0.717, 1.165) is 54.8 Å². The number of H-pyrrole nitrogens is 2. The summed E-state index contributed by atoms with van der Waals surface area (Å²) in [4.78, 5) is 46.8. The van der Waals surface area contributed by atoms with Crippen molar-refractivity contribution in [2.24, 2.45) is 4.99 Å². The summed E-state index contributed by atoms with van der Waals surface area (Å²) in [6, 6.07) is 6.59. The van der Waals surface area contributed by atoms with E-state index in [0.29, 0.717) is 0 Å². The van der Waals surface area contributed by atoms with E-state index in [9.17, 15) is 19.5 Å². The van der Waals surface area contributed by atoms with Gasteiger partial charge in [0, 0.05) is 35.8 Å². The van der Waals surface area contributed by atoms with Gasteiger partial charge in [0.15, 0.2) is 6.04 Å². The van der Waals surface area contributed by atoms with E-state index < -0.39 is 29.1 Å². The van der Waals surface area contributed by atoms with Crippen LogP contribution in [-0.4, -0.2) is 45.0 Å². The van der Waals surface area contributed by atoms with Gasteiger partial charge in [-0.3, -0.25) is 19.3 Å². The van der Waals surface area contributed by atoms with Crippen molar-refractivity contribution in [1.29, 1.82) is 0 Å². The van der Waals surface area contributed by atoms with Crippen LogP contribution in [0.25, 0.3) is 10.9 Å². The number of aromatic amines is 2. The van der Waals surface area contributed by atoms with Crippen molar-refractivity contribution in [2.45, 2.75) is 50.6 Å². The zero-order valence-electron chi connectivity index (χ0n) is 17.8. The zero-order chi connectivity index (χ0) is 22.7. The Balaban J connectivity index is 1.67. The van der Waals surface area contributed by atoms with Gasteiger partial charge in [-0.05, 0) is 24.5 Å². The van der Waals surface area contributed by atoms with E-state index in [1.165, 1.54) is 11.7 Å². The molecule has 3 N–H and O–H groups in total. The summed E-state index contributed by atoms with van der Waals surface area (Å²) in [6.45, 7) is 0. The molecule has 1 unspecified atom stereocenters. The number of carbonyl (C=O) groups excluding carboxylic acids is 1. The van der Waals surface area contributed by atoms with Gasteiger partial charge in [0.1, 0.15) is 5.56 Å². The molecule has 2 aromatic heterocycles. The highest BCUT2D eigenvalue weighted by Crippen LogP contribution is 2.29. The lowest BCUT2D eigenvalue weighted by Gasteiger charge is -2.24. The number of carbonyl (C=O) groups is 1. The summed E-state index contributed by atoms with van der Waals surface area (Å²) >= 11 is 0. The molecule has 1 fully saturated rings. The zero-order valence-corrected chi connectivity index (χ0v) is 17.8. The monoisotopic (exact) mass is 438 g/mol. The predicted octanol–water partition coefficient (Wildman–Crippen LogP) is 2.43. The number of rotatable bonds is 6. The molecule has 0 radical (unpaired) electrons.